The van der Waals surface area contributed by atoms with E-state index in [4.69, 9.17) is 4.74 Å². The molecule has 9 nitrogen and oxygen atoms in total. The van der Waals surface area contributed by atoms with E-state index in [1.54, 1.807) is 32.5 Å². The summed E-state index contributed by atoms with van der Waals surface area (Å²) >= 11 is 1.38. The van der Waals surface area contributed by atoms with E-state index in [1.165, 1.54) is 11.3 Å². The Morgan fingerprint density at radius 3 is 2.64 bits per heavy atom. The van der Waals surface area contributed by atoms with Gasteiger partial charge in [-0.15, -0.1) is 11.3 Å². The van der Waals surface area contributed by atoms with Gasteiger partial charge in [0, 0.05) is 29.8 Å². The summed E-state index contributed by atoms with van der Waals surface area (Å²) in [5.41, 5.74) is 1.08. The van der Waals surface area contributed by atoms with E-state index >= 15 is 0 Å². The molecule has 3 N–H and O–H groups in total. The number of ether oxygens (including phenoxy) is 1. The van der Waals surface area contributed by atoms with E-state index in [1.807, 2.05) is 19.1 Å². The molecule has 1 aliphatic carbocycles. The summed E-state index contributed by atoms with van der Waals surface area (Å²) in [6, 6.07) is 5.44. The van der Waals surface area contributed by atoms with Gasteiger partial charge in [-0.3, -0.25) is 4.79 Å². The number of nitrogens with one attached hydrogen (secondary N) is 1. The van der Waals surface area contributed by atoms with Crippen LogP contribution >= 0.6 is 11.3 Å². The van der Waals surface area contributed by atoms with Gasteiger partial charge in [0.15, 0.2) is 0 Å². The lowest BCUT2D eigenvalue weighted by Crippen LogP contribution is -2.35. The standard InChI is InChI=1S/C23H27N5O4S/c1-13-8-9-24-22(26-13)27-16-10-17(28-19(11-16)32-3)18-12-25-21(33-18)23(2,31)15-6-4-14(5-7-15)20(29)30/h8-12,14-15,31H,4-7H2,1-3H3,(H,29,30)(H,24,26,27,28)/t14?,15?,23-/m1/s1. The van der Waals surface area contributed by atoms with Gasteiger partial charge in [0.2, 0.25) is 11.8 Å². The predicted octanol–water partition coefficient (Wildman–Crippen LogP) is 4.15. The fourth-order valence-electron chi connectivity index (χ4n) is 4.15. The van der Waals surface area contributed by atoms with E-state index in [-0.39, 0.29) is 11.8 Å². The number of methoxy groups -OCH3 is 1. The number of aryl methyl sites for hydroxylation is 1. The molecule has 10 heteroatoms. The van der Waals surface area contributed by atoms with Crippen LogP contribution in [0.25, 0.3) is 10.6 Å². The molecule has 0 amide bonds. The molecule has 0 aliphatic heterocycles. The summed E-state index contributed by atoms with van der Waals surface area (Å²) in [4.78, 5) is 29.7. The minimum Gasteiger partial charge on any atom is -0.481 e. The Balaban J connectivity index is 1.56. The number of aliphatic carboxylic acids is 1. The average molecular weight is 470 g/mol. The summed E-state index contributed by atoms with van der Waals surface area (Å²) in [6.45, 7) is 3.66. The first kappa shape index (κ1) is 23.1. The molecular formula is C23H27N5O4S. The van der Waals surface area contributed by atoms with Gasteiger partial charge >= 0.3 is 5.97 Å². The van der Waals surface area contributed by atoms with Crippen molar-refractivity contribution in [2.24, 2.45) is 11.8 Å². The maximum Gasteiger partial charge on any atom is 0.306 e. The number of carbonyl (C=O) groups is 1. The van der Waals surface area contributed by atoms with Crippen LogP contribution in [0.5, 0.6) is 5.88 Å². The van der Waals surface area contributed by atoms with Gasteiger partial charge in [-0.1, -0.05) is 0 Å². The van der Waals surface area contributed by atoms with Gasteiger partial charge in [-0.25, -0.2) is 19.9 Å². The Morgan fingerprint density at radius 2 is 1.97 bits per heavy atom. The van der Waals surface area contributed by atoms with Crippen LogP contribution in [0.1, 0.15) is 43.3 Å². The summed E-state index contributed by atoms with van der Waals surface area (Å²) in [5.74, 6) is -0.223. The number of nitrogens with zero attached hydrogens (tertiary/aromatic N) is 4. The molecule has 0 radical (unpaired) electrons. The van der Waals surface area contributed by atoms with Crippen LogP contribution in [0, 0.1) is 18.8 Å². The van der Waals surface area contributed by atoms with Crippen molar-refractivity contribution in [1.29, 1.82) is 0 Å². The molecule has 0 spiro atoms. The molecule has 4 rings (SSSR count). The number of pyridine rings is 1. The zero-order valence-corrected chi connectivity index (χ0v) is 19.6. The third-order valence-electron chi connectivity index (χ3n) is 6.12. The lowest BCUT2D eigenvalue weighted by atomic mass is 9.74. The van der Waals surface area contributed by atoms with Crippen LogP contribution in [0.3, 0.4) is 0 Å². The zero-order valence-electron chi connectivity index (χ0n) is 18.8. The zero-order chi connectivity index (χ0) is 23.6. The molecule has 0 unspecified atom stereocenters. The molecule has 1 atom stereocenters. The van der Waals surface area contributed by atoms with Crippen LogP contribution < -0.4 is 10.1 Å². The topological polar surface area (TPSA) is 130 Å². The van der Waals surface area contributed by atoms with E-state index in [0.717, 1.165) is 16.3 Å². The van der Waals surface area contributed by atoms with Crippen molar-refractivity contribution in [2.45, 2.75) is 45.1 Å². The average Bonchev–Trinajstić information content (AvgIpc) is 3.30. The molecule has 3 heterocycles. The minimum atomic E-state index is -1.14. The van der Waals surface area contributed by atoms with Gasteiger partial charge in [0.25, 0.3) is 0 Å². The number of aliphatic hydroxyl groups is 1. The van der Waals surface area contributed by atoms with Crippen molar-refractivity contribution < 1.29 is 19.7 Å². The van der Waals surface area contributed by atoms with E-state index in [0.29, 0.717) is 48.2 Å². The third-order valence-corrected chi connectivity index (χ3v) is 7.37. The Bertz CT molecular complexity index is 1140. The van der Waals surface area contributed by atoms with Gasteiger partial charge in [-0.2, -0.15) is 0 Å². The largest absolute Gasteiger partial charge is 0.481 e. The third kappa shape index (κ3) is 5.12. The number of aromatic nitrogens is 4. The number of anilines is 2. The first-order valence-electron chi connectivity index (χ1n) is 10.8. The highest BCUT2D eigenvalue weighted by molar-refractivity contribution is 7.15. The lowest BCUT2D eigenvalue weighted by molar-refractivity contribution is -0.144. The highest BCUT2D eigenvalue weighted by Gasteiger charge is 2.40. The van der Waals surface area contributed by atoms with Crippen LogP contribution in [-0.4, -0.2) is 43.2 Å². The Kier molecular flexibility index (Phi) is 6.57. The van der Waals surface area contributed by atoms with Crippen LogP contribution in [-0.2, 0) is 10.4 Å². The maximum absolute atomic E-state index is 11.3. The number of rotatable bonds is 7. The summed E-state index contributed by atoms with van der Waals surface area (Å²) < 4.78 is 5.37. The number of carboxylic acids is 1. The number of hydrogen-bond donors (Lipinski definition) is 3. The summed E-state index contributed by atoms with van der Waals surface area (Å²) in [6.07, 6.45) is 5.84. The van der Waals surface area contributed by atoms with E-state index in [2.05, 4.69) is 25.3 Å². The number of hydrogen-bond acceptors (Lipinski definition) is 9. The molecular weight excluding hydrogens is 442 g/mol. The minimum absolute atomic E-state index is 0.0407. The van der Waals surface area contributed by atoms with Crippen molar-refractivity contribution in [2.75, 3.05) is 12.4 Å². The van der Waals surface area contributed by atoms with E-state index in [9.17, 15) is 15.0 Å². The lowest BCUT2D eigenvalue weighted by Gasteiger charge is -2.35. The Hall–Kier alpha value is -3.11. The number of thiazole rings is 1. The normalized spacial score (nSPS) is 20.1. The molecule has 1 aliphatic rings. The van der Waals surface area contributed by atoms with Gasteiger partial charge in [-0.05, 0) is 57.6 Å². The second kappa shape index (κ2) is 9.40. The molecule has 0 bridgehead atoms. The van der Waals surface area contributed by atoms with Crippen molar-refractivity contribution in [3.05, 3.63) is 41.3 Å². The van der Waals surface area contributed by atoms with Crippen LogP contribution in [0.2, 0.25) is 0 Å². The SMILES string of the molecule is COc1cc(Nc2nccc(C)n2)cc(-c2cnc([C@](C)(O)C3CCC(C(=O)O)CC3)s2)n1. The van der Waals surface area contributed by atoms with E-state index < -0.39 is 11.6 Å². The molecule has 3 aromatic heterocycles. The molecule has 1 fully saturated rings. The van der Waals surface area contributed by atoms with Gasteiger partial charge in [0.05, 0.1) is 23.6 Å². The smallest absolute Gasteiger partial charge is 0.306 e. The predicted molar refractivity (Wildman–Crippen MR) is 125 cm³/mol. The van der Waals surface area contributed by atoms with Crippen molar-refractivity contribution in [3.8, 4) is 16.5 Å². The van der Waals surface area contributed by atoms with Gasteiger partial charge < -0.3 is 20.3 Å². The van der Waals surface area contributed by atoms with Crippen LogP contribution in [0.4, 0.5) is 11.6 Å². The molecule has 3 aromatic rings. The van der Waals surface area contributed by atoms with Crippen LogP contribution in [0.15, 0.2) is 30.6 Å². The maximum atomic E-state index is 11.3. The molecule has 174 valence electrons. The van der Waals surface area contributed by atoms with Crippen molar-refractivity contribution >= 4 is 28.9 Å². The summed E-state index contributed by atoms with van der Waals surface area (Å²) in [5, 5.41) is 24.3. The second-order valence-corrected chi connectivity index (χ2v) is 9.52. The first-order valence-corrected chi connectivity index (χ1v) is 11.6. The van der Waals surface area contributed by atoms with Crippen molar-refractivity contribution in [3.63, 3.8) is 0 Å². The highest BCUT2D eigenvalue weighted by atomic mass is 32.1. The highest BCUT2D eigenvalue weighted by Crippen LogP contribution is 2.43. The Morgan fingerprint density at radius 1 is 1.21 bits per heavy atom. The monoisotopic (exact) mass is 469 g/mol. The molecule has 0 saturated heterocycles. The summed E-state index contributed by atoms with van der Waals surface area (Å²) in [7, 11) is 1.55. The quantitative estimate of drug-likeness (QED) is 0.467. The number of carboxylic acid groups (broad SMARTS) is 1. The molecule has 33 heavy (non-hydrogen) atoms. The fourth-order valence-corrected chi connectivity index (χ4v) is 5.15. The Labute approximate surface area is 195 Å². The molecule has 1 saturated carbocycles. The van der Waals surface area contributed by atoms with Crippen molar-refractivity contribution in [1.82, 2.24) is 19.9 Å². The van der Waals surface area contributed by atoms with Gasteiger partial charge in [0.1, 0.15) is 10.6 Å². The second-order valence-electron chi connectivity index (χ2n) is 8.49. The fraction of sp³-hybridized carbons (Fsp3) is 0.435. The molecule has 0 aromatic carbocycles. The first-order chi connectivity index (χ1) is 15.8.